The van der Waals surface area contributed by atoms with Crippen molar-refractivity contribution in [2.45, 2.75) is 78.6 Å². The van der Waals surface area contributed by atoms with E-state index in [0.29, 0.717) is 11.8 Å². The summed E-state index contributed by atoms with van der Waals surface area (Å²) >= 11 is 3.80. The standard InChI is InChI=1S/C27H36BrN/c1-18-10-8-9-11-29-25(18)21-12-19(15-24(28)16-21)20-13-22(26(2,3)4)17-23(14-20)27(5,6)7/h9,11,13-18,21H,8,10,12H2,1-7H3. The second-order valence-corrected chi connectivity index (χ2v) is 11.7. The lowest BCUT2D eigenvalue weighted by Crippen LogP contribution is -2.22. The number of hydrogen-bond acceptors (Lipinski definition) is 1. The molecule has 3 rings (SSSR count). The van der Waals surface area contributed by atoms with Gasteiger partial charge in [-0.25, -0.2) is 0 Å². The molecule has 2 unspecified atom stereocenters. The smallest absolute Gasteiger partial charge is 0.0279 e. The molecule has 1 nitrogen and oxygen atoms in total. The summed E-state index contributed by atoms with van der Waals surface area (Å²) in [6.07, 6.45) is 12.2. The maximum Gasteiger partial charge on any atom is 0.0279 e. The summed E-state index contributed by atoms with van der Waals surface area (Å²) in [6, 6.07) is 7.21. The Balaban J connectivity index is 2.03. The summed E-state index contributed by atoms with van der Waals surface area (Å²) < 4.78 is 1.17. The Morgan fingerprint density at radius 1 is 0.966 bits per heavy atom. The van der Waals surface area contributed by atoms with Gasteiger partial charge in [0.05, 0.1) is 0 Å². The van der Waals surface area contributed by atoms with Gasteiger partial charge in [-0.05, 0) is 64.3 Å². The fraction of sp³-hybridized carbons (Fsp3) is 0.519. The van der Waals surface area contributed by atoms with Crippen molar-refractivity contribution in [1.29, 1.82) is 0 Å². The highest BCUT2D eigenvalue weighted by atomic mass is 79.9. The molecular weight excluding hydrogens is 418 g/mol. The molecule has 2 atom stereocenters. The van der Waals surface area contributed by atoms with E-state index in [2.05, 4.69) is 101 Å². The van der Waals surface area contributed by atoms with Gasteiger partial charge in [-0.3, -0.25) is 4.99 Å². The topological polar surface area (TPSA) is 12.4 Å². The number of hydrogen-bond donors (Lipinski definition) is 0. The Hall–Kier alpha value is -1.41. The molecule has 29 heavy (non-hydrogen) atoms. The van der Waals surface area contributed by atoms with Crippen LogP contribution in [0.25, 0.3) is 5.57 Å². The van der Waals surface area contributed by atoms with Crippen LogP contribution in [-0.2, 0) is 10.8 Å². The average molecular weight is 454 g/mol. The summed E-state index contributed by atoms with van der Waals surface area (Å²) in [4.78, 5) is 4.85. The fourth-order valence-electron chi connectivity index (χ4n) is 4.13. The van der Waals surface area contributed by atoms with Crippen LogP contribution in [0.3, 0.4) is 0 Å². The molecule has 0 bridgehead atoms. The normalized spacial score (nSPS) is 23.2. The molecule has 1 aromatic carbocycles. The van der Waals surface area contributed by atoms with Crippen LogP contribution in [0.1, 0.15) is 84.4 Å². The van der Waals surface area contributed by atoms with Gasteiger partial charge in [0.2, 0.25) is 0 Å². The Labute approximate surface area is 186 Å². The van der Waals surface area contributed by atoms with Crippen molar-refractivity contribution in [3.05, 3.63) is 63.8 Å². The lowest BCUT2D eigenvalue weighted by Gasteiger charge is -2.29. The highest BCUT2D eigenvalue weighted by Crippen LogP contribution is 2.38. The first-order chi connectivity index (χ1) is 13.4. The van der Waals surface area contributed by atoms with Crippen molar-refractivity contribution in [1.82, 2.24) is 0 Å². The van der Waals surface area contributed by atoms with Gasteiger partial charge in [-0.1, -0.05) is 94.7 Å². The van der Waals surface area contributed by atoms with Gasteiger partial charge < -0.3 is 0 Å². The van der Waals surface area contributed by atoms with E-state index < -0.39 is 0 Å². The molecule has 0 aromatic heterocycles. The second-order valence-electron chi connectivity index (χ2n) is 10.7. The van der Waals surface area contributed by atoms with Gasteiger partial charge in [-0.2, -0.15) is 0 Å². The van der Waals surface area contributed by atoms with E-state index in [4.69, 9.17) is 4.99 Å². The van der Waals surface area contributed by atoms with Crippen molar-refractivity contribution >= 4 is 27.2 Å². The lowest BCUT2D eigenvalue weighted by atomic mass is 9.77. The number of rotatable bonds is 2. The molecule has 2 aliphatic rings. The van der Waals surface area contributed by atoms with Crippen LogP contribution in [0.2, 0.25) is 0 Å². The van der Waals surface area contributed by atoms with Gasteiger partial charge in [0.25, 0.3) is 0 Å². The van der Waals surface area contributed by atoms with Gasteiger partial charge in [-0.15, -0.1) is 0 Å². The maximum atomic E-state index is 4.85. The fourth-order valence-corrected chi connectivity index (χ4v) is 4.72. The van der Waals surface area contributed by atoms with Gasteiger partial charge in [0.1, 0.15) is 0 Å². The zero-order chi connectivity index (χ0) is 21.4. The summed E-state index contributed by atoms with van der Waals surface area (Å²) in [5, 5.41) is 0. The molecular formula is C27H36BrN. The van der Waals surface area contributed by atoms with Crippen molar-refractivity contribution < 1.29 is 0 Å². The van der Waals surface area contributed by atoms with Crippen molar-refractivity contribution in [3.63, 3.8) is 0 Å². The van der Waals surface area contributed by atoms with Crippen LogP contribution in [0, 0.1) is 11.8 Å². The first kappa shape index (κ1) is 22.3. The Morgan fingerprint density at radius 2 is 1.59 bits per heavy atom. The first-order valence-electron chi connectivity index (χ1n) is 10.9. The second kappa shape index (κ2) is 8.38. The molecule has 1 aliphatic carbocycles. The minimum absolute atomic E-state index is 0.127. The first-order valence-corrected chi connectivity index (χ1v) is 11.7. The summed E-state index contributed by atoms with van der Waals surface area (Å²) in [5.74, 6) is 0.885. The van der Waals surface area contributed by atoms with Gasteiger partial charge >= 0.3 is 0 Å². The Morgan fingerprint density at radius 3 is 2.17 bits per heavy atom. The molecule has 1 heterocycles. The van der Waals surface area contributed by atoms with Gasteiger partial charge in [0, 0.05) is 22.3 Å². The molecule has 1 aromatic rings. The summed E-state index contributed by atoms with van der Waals surface area (Å²) in [6.45, 7) is 16.2. The van der Waals surface area contributed by atoms with Crippen LogP contribution >= 0.6 is 15.9 Å². The molecule has 0 amide bonds. The van der Waals surface area contributed by atoms with E-state index in [1.54, 1.807) is 0 Å². The average Bonchev–Trinajstić information content (AvgIpc) is 2.83. The van der Waals surface area contributed by atoms with E-state index >= 15 is 0 Å². The highest BCUT2D eigenvalue weighted by molar-refractivity contribution is 9.11. The third kappa shape index (κ3) is 5.40. The van der Waals surface area contributed by atoms with Crippen molar-refractivity contribution in [2.24, 2.45) is 16.8 Å². The van der Waals surface area contributed by atoms with Crippen LogP contribution < -0.4 is 0 Å². The van der Waals surface area contributed by atoms with Crippen LogP contribution in [0.4, 0.5) is 0 Å². The third-order valence-corrected chi connectivity index (χ3v) is 6.62. The highest BCUT2D eigenvalue weighted by Gasteiger charge is 2.26. The molecule has 2 heteroatoms. The monoisotopic (exact) mass is 453 g/mol. The minimum Gasteiger partial charge on any atom is -0.265 e. The SMILES string of the molecule is CC1CCC=CN=C1C1C=C(Br)C=C(c2cc(C(C)(C)C)cc(C(C)(C)C)c2)C1. The lowest BCUT2D eigenvalue weighted by molar-refractivity contribution is 0.568. The predicted octanol–water partition coefficient (Wildman–Crippen LogP) is 8.35. The largest absolute Gasteiger partial charge is 0.265 e. The zero-order valence-electron chi connectivity index (χ0n) is 19.1. The van der Waals surface area contributed by atoms with Gasteiger partial charge in [0.15, 0.2) is 0 Å². The van der Waals surface area contributed by atoms with E-state index in [-0.39, 0.29) is 10.8 Å². The van der Waals surface area contributed by atoms with Crippen molar-refractivity contribution in [2.75, 3.05) is 0 Å². The minimum atomic E-state index is 0.127. The predicted molar refractivity (Wildman–Crippen MR) is 132 cm³/mol. The van der Waals surface area contributed by atoms with E-state index in [0.717, 1.165) is 12.8 Å². The number of halogens is 1. The van der Waals surface area contributed by atoms with Crippen LogP contribution in [0.15, 0.2) is 52.1 Å². The molecule has 0 N–H and O–H groups in total. The molecule has 0 saturated heterocycles. The number of nitrogens with zero attached hydrogens (tertiary/aromatic N) is 1. The maximum absolute atomic E-state index is 4.85. The van der Waals surface area contributed by atoms with E-state index in [1.165, 1.54) is 38.9 Å². The molecule has 0 radical (unpaired) electrons. The molecule has 0 spiro atoms. The molecule has 1 aliphatic heterocycles. The van der Waals surface area contributed by atoms with Crippen LogP contribution in [0.5, 0.6) is 0 Å². The quantitative estimate of drug-likeness (QED) is 0.426. The summed E-state index contributed by atoms with van der Waals surface area (Å²) in [7, 11) is 0. The van der Waals surface area contributed by atoms with E-state index in [1.807, 2.05) is 6.20 Å². The van der Waals surface area contributed by atoms with Crippen molar-refractivity contribution in [3.8, 4) is 0 Å². The number of aliphatic imine (C=N–C) groups is 1. The third-order valence-electron chi connectivity index (χ3n) is 6.13. The number of benzene rings is 1. The molecule has 0 saturated carbocycles. The molecule has 0 fully saturated rings. The number of allylic oxidation sites excluding steroid dienone is 5. The van der Waals surface area contributed by atoms with Crippen LogP contribution in [-0.4, -0.2) is 5.71 Å². The Kier molecular flexibility index (Phi) is 6.44. The Bertz CT molecular complexity index is 852. The summed E-state index contributed by atoms with van der Waals surface area (Å²) in [5.41, 5.74) is 7.16. The zero-order valence-corrected chi connectivity index (χ0v) is 20.7. The molecule has 156 valence electrons. The van der Waals surface area contributed by atoms with E-state index in [9.17, 15) is 0 Å².